The molecule has 2 rings (SSSR count). The monoisotopic (exact) mass is 242 g/mol. The van der Waals surface area contributed by atoms with Gasteiger partial charge in [0.1, 0.15) is 11.5 Å². The Hall–Kier alpha value is -1.96. The molecule has 2 aromatic rings. The Morgan fingerprint density at radius 3 is 2.11 bits per heavy atom. The molecule has 0 aliphatic carbocycles. The Morgan fingerprint density at radius 1 is 0.833 bits per heavy atom. The molecular weight excluding hydrogens is 224 g/mol. The van der Waals surface area contributed by atoms with Crippen LogP contribution in [0.4, 0.5) is 0 Å². The van der Waals surface area contributed by atoms with Crippen LogP contribution in [0.5, 0.6) is 11.5 Å². The van der Waals surface area contributed by atoms with Crippen molar-refractivity contribution in [1.82, 2.24) is 0 Å². The van der Waals surface area contributed by atoms with Crippen molar-refractivity contribution in [3.05, 3.63) is 59.7 Å². The fourth-order valence-electron chi connectivity index (χ4n) is 2.10. The van der Waals surface area contributed by atoms with E-state index < -0.39 is 0 Å². The Morgan fingerprint density at radius 2 is 1.50 bits per heavy atom. The average Bonchev–Trinajstić information content (AvgIpc) is 2.46. The smallest absolute Gasteiger partial charge is 0.122 e. The Balaban J connectivity index is 2.31. The summed E-state index contributed by atoms with van der Waals surface area (Å²) in [5.74, 6) is 2.11. The van der Waals surface area contributed by atoms with Gasteiger partial charge in [0.25, 0.3) is 0 Å². The minimum atomic E-state index is 0.298. The van der Waals surface area contributed by atoms with Crippen LogP contribution < -0.4 is 9.47 Å². The number of rotatable bonds is 4. The molecule has 0 bridgehead atoms. The van der Waals surface area contributed by atoms with Crippen LogP contribution in [-0.2, 0) is 0 Å². The zero-order valence-corrected chi connectivity index (χ0v) is 11.0. The number of para-hydroxylation sites is 1. The molecule has 1 atom stereocenters. The third-order valence-corrected chi connectivity index (χ3v) is 3.22. The molecular formula is C16H18O2. The Labute approximate surface area is 108 Å². The molecule has 0 saturated carbocycles. The number of benzene rings is 2. The van der Waals surface area contributed by atoms with Crippen molar-refractivity contribution in [1.29, 1.82) is 0 Å². The third-order valence-electron chi connectivity index (χ3n) is 3.22. The summed E-state index contributed by atoms with van der Waals surface area (Å²) in [6.07, 6.45) is 0. The van der Waals surface area contributed by atoms with E-state index in [1.807, 2.05) is 30.3 Å². The van der Waals surface area contributed by atoms with Gasteiger partial charge in [0.05, 0.1) is 14.2 Å². The summed E-state index contributed by atoms with van der Waals surface area (Å²) in [6.45, 7) is 2.18. The molecule has 0 radical (unpaired) electrons. The Bertz CT molecular complexity index is 503. The van der Waals surface area contributed by atoms with Crippen LogP contribution in [0.25, 0.3) is 0 Å². The predicted molar refractivity (Wildman–Crippen MR) is 73.5 cm³/mol. The van der Waals surface area contributed by atoms with Crippen molar-refractivity contribution in [2.24, 2.45) is 0 Å². The zero-order valence-electron chi connectivity index (χ0n) is 11.0. The summed E-state index contributed by atoms with van der Waals surface area (Å²) in [5, 5.41) is 0. The molecule has 0 aliphatic heterocycles. The first kappa shape index (κ1) is 12.5. The van der Waals surface area contributed by atoms with Crippen LogP contribution in [0.15, 0.2) is 48.5 Å². The molecule has 2 heteroatoms. The van der Waals surface area contributed by atoms with Crippen LogP contribution >= 0.6 is 0 Å². The summed E-state index contributed by atoms with van der Waals surface area (Å²) in [6, 6.07) is 16.3. The molecule has 2 nitrogen and oxygen atoms in total. The second kappa shape index (κ2) is 5.58. The van der Waals surface area contributed by atoms with Gasteiger partial charge in [-0.15, -0.1) is 0 Å². The van der Waals surface area contributed by atoms with Gasteiger partial charge in [0.15, 0.2) is 0 Å². The first-order chi connectivity index (χ1) is 8.76. The van der Waals surface area contributed by atoms with Crippen LogP contribution in [0.1, 0.15) is 24.0 Å². The SMILES string of the molecule is COc1ccc([C@@H](C)c2ccccc2OC)cc1. The van der Waals surface area contributed by atoms with Crippen LogP contribution in [0, 0.1) is 0 Å². The lowest BCUT2D eigenvalue weighted by atomic mass is 9.92. The normalized spacial score (nSPS) is 11.9. The summed E-state index contributed by atoms with van der Waals surface area (Å²) >= 11 is 0. The molecule has 0 N–H and O–H groups in total. The molecule has 0 amide bonds. The first-order valence-electron chi connectivity index (χ1n) is 6.03. The minimum absolute atomic E-state index is 0.298. The maximum absolute atomic E-state index is 5.41. The van der Waals surface area contributed by atoms with Crippen molar-refractivity contribution in [2.45, 2.75) is 12.8 Å². The topological polar surface area (TPSA) is 18.5 Å². The quantitative estimate of drug-likeness (QED) is 0.810. The predicted octanol–water partition coefficient (Wildman–Crippen LogP) is 3.86. The highest BCUT2D eigenvalue weighted by molar-refractivity contribution is 5.42. The fraction of sp³-hybridized carbons (Fsp3) is 0.250. The van der Waals surface area contributed by atoms with Crippen LogP contribution in [-0.4, -0.2) is 14.2 Å². The minimum Gasteiger partial charge on any atom is -0.497 e. The maximum Gasteiger partial charge on any atom is 0.122 e. The highest BCUT2D eigenvalue weighted by Crippen LogP contribution is 2.31. The molecule has 0 heterocycles. The number of methoxy groups -OCH3 is 2. The third kappa shape index (κ3) is 2.48. The van der Waals surface area contributed by atoms with Crippen molar-refractivity contribution in [2.75, 3.05) is 14.2 Å². The number of hydrogen-bond donors (Lipinski definition) is 0. The Kier molecular flexibility index (Phi) is 3.88. The van der Waals surface area contributed by atoms with Gasteiger partial charge in [-0.2, -0.15) is 0 Å². The molecule has 18 heavy (non-hydrogen) atoms. The van der Waals surface area contributed by atoms with Crippen LogP contribution in [0.3, 0.4) is 0 Å². The van der Waals surface area contributed by atoms with Crippen molar-refractivity contribution in [3.8, 4) is 11.5 Å². The van der Waals surface area contributed by atoms with Crippen LogP contribution in [0.2, 0.25) is 0 Å². The van der Waals surface area contributed by atoms with E-state index in [1.165, 1.54) is 11.1 Å². The van der Waals surface area contributed by atoms with Gasteiger partial charge < -0.3 is 9.47 Å². The summed E-state index contributed by atoms with van der Waals surface area (Å²) in [4.78, 5) is 0. The fourth-order valence-corrected chi connectivity index (χ4v) is 2.10. The van der Waals surface area contributed by atoms with E-state index in [0.29, 0.717) is 5.92 Å². The van der Waals surface area contributed by atoms with E-state index in [2.05, 4.69) is 25.1 Å². The van der Waals surface area contributed by atoms with Gasteiger partial charge in [-0.1, -0.05) is 37.3 Å². The lowest BCUT2D eigenvalue weighted by Gasteiger charge is -2.16. The lowest BCUT2D eigenvalue weighted by Crippen LogP contribution is -1.99. The van der Waals surface area contributed by atoms with E-state index in [1.54, 1.807) is 14.2 Å². The van der Waals surface area contributed by atoms with E-state index in [-0.39, 0.29) is 0 Å². The average molecular weight is 242 g/mol. The van der Waals surface area contributed by atoms with Gasteiger partial charge in [0, 0.05) is 11.5 Å². The molecule has 2 aromatic carbocycles. The van der Waals surface area contributed by atoms with Crippen molar-refractivity contribution >= 4 is 0 Å². The number of ether oxygens (including phenoxy) is 2. The lowest BCUT2D eigenvalue weighted by molar-refractivity contribution is 0.408. The second-order valence-corrected chi connectivity index (χ2v) is 4.24. The van der Waals surface area contributed by atoms with E-state index in [0.717, 1.165) is 11.5 Å². The molecule has 0 spiro atoms. The van der Waals surface area contributed by atoms with Gasteiger partial charge >= 0.3 is 0 Å². The zero-order chi connectivity index (χ0) is 13.0. The summed E-state index contributed by atoms with van der Waals surface area (Å²) < 4.78 is 10.6. The standard InChI is InChI=1S/C16H18O2/c1-12(13-8-10-14(17-2)11-9-13)15-6-4-5-7-16(15)18-3/h4-12H,1-3H3/t12-/m1/s1. The molecule has 0 saturated heterocycles. The van der Waals surface area contributed by atoms with Crippen molar-refractivity contribution < 1.29 is 9.47 Å². The van der Waals surface area contributed by atoms with Gasteiger partial charge in [-0.05, 0) is 23.8 Å². The highest BCUT2D eigenvalue weighted by Gasteiger charge is 2.12. The molecule has 94 valence electrons. The highest BCUT2D eigenvalue weighted by atomic mass is 16.5. The van der Waals surface area contributed by atoms with E-state index in [4.69, 9.17) is 9.47 Å². The first-order valence-corrected chi connectivity index (χ1v) is 6.03. The van der Waals surface area contributed by atoms with Gasteiger partial charge in [-0.3, -0.25) is 0 Å². The largest absolute Gasteiger partial charge is 0.497 e. The number of hydrogen-bond acceptors (Lipinski definition) is 2. The van der Waals surface area contributed by atoms with Crippen molar-refractivity contribution in [3.63, 3.8) is 0 Å². The molecule has 0 unspecified atom stereocenters. The molecule has 0 fully saturated rings. The van der Waals surface area contributed by atoms with Gasteiger partial charge in [0.2, 0.25) is 0 Å². The van der Waals surface area contributed by atoms with E-state index in [9.17, 15) is 0 Å². The second-order valence-electron chi connectivity index (χ2n) is 4.24. The summed E-state index contributed by atoms with van der Waals surface area (Å²) in [5.41, 5.74) is 2.45. The van der Waals surface area contributed by atoms with Gasteiger partial charge in [-0.25, -0.2) is 0 Å². The summed E-state index contributed by atoms with van der Waals surface area (Å²) in [7, 11) is 3.39. The molecule has 0 aromatic heterocycles. The molecule has 0 aliphatic rings. The maximum atomic E-state index is 5.41. The van der Waals surface area contributed by atoms with E-state index >= 15 is 0 Å².